The van der Waals surface area contributed by atoms with Gasteiger partial charge in [0.15, 0.2) is 0 Å². The largest absolute Gasteiger partial charge is 0.283 e. The smallest absolute Gasteiger partial charge is 0.237 e. The van der Waals surface area contributed by atoms with Crippen molar-refractivity contribution in [3.8, 4) is 0 Å². The van der Waals surface area contributed by atoms with Crippen LogP contribution >= 0.6 is 0 Å². The minimum Gasteiger partial charge on any atom is -0.283 e. The van der Waals surface area contributed by atoms with Gasteiger partial charge in [-0.2, -0.15) is 0 Å². The van der Waals surface area contributed by atoms with Gasteiger partial charge in [-0.05, 0) is 44.7 Å². The van der Waals surface area contributed by atoms with Crippen LogP contribution in [0.2, 0.25) is 0 Å². The Bertz CT molecular complexity index is 491. The van der Waals surface area contributed by atoms with Crippen molar-refractivity contribution >= 4 is 15.7 Å². The minimum atomic E-state index is -3.37. The number of rotatable bonds is 4. The number of hydrogen-bond donors (Lipinski definition) is 1. The van der Waals surface area contributed by atoms with Gasteiger partial charge in [-0.1, -0.05) is 32.0 Å². The fourth-order valence-corrected chi connectivity index (χ4v) is 2.50. The van der Waals surface area contributed by atoms with Gasteiger partial charge in [0.2, 0.25) is 10.0 Å². The molecule has 18 heavy (non-hydrogen) atoms. The van der Waals surface area contributed by atoms with Gasteiger partial charge in [0, 0.05) is 0 Å². The van der Waals surface area contributed by atoms with Gasteiger partial charge in [0.05, 0.1) is 10.4 Å². The van der Waals surface area contributed by atoms with Crippen molar-refractivity contribution in [2.45, 2.75) is 52.2 Å². The molecule has 1 aromatic rings. The first-order chi connectivity index (χ1) is 8.23. The molecule has 0 saturated heterocycles. The molecular formula is C14H23NO2S. The molecular weight excluding hydrogens is 246 g/mol. The van der Waals surface area contributed by atoms with Crippen LogP contribution < -0.4 is 4.72 Å². The van der Waals surface area contributed by atoms with Crippen LogP contribution in [0.5, 0.6) is 0 Å². The van der Waals surface area contributed by atoms with Crippen molar-refractivity contribution in [3.63, 3.8) is 0 Å². The number of nitrogens with one attached hydrogen (secondary N) is 1. The molecule has 3 nitrogen and oxygen atoms in total. The van der Waals surface area contributed by atoms with Crippen molar-refractivity contribution in [1.82, 2.24) is 0 Å². The van der Waals surface area contributed by atoms with Gasteiger partial charge in [0.25, 0.3) is 0 Å². The van der Waals surface area contributed by atoms with E-state index in [1.54, 1.807) is 20.8 Å². The van der Waals surface area contributed by atoms with E-state index >= 15 is 0 Å². The van der Waals surface area contributed by atoms with Crippen molar-refractivity contribution in [2.24, 2.45) is 0 Å². The number of hydrogen-bond acceptors (Lipinski definition) is 2. The Kier molecular flexibility index (Phi) is 4.43. The Labute approximate surface area is 111 Å². The summed E-state index contributed by atoms with van der Waals surface area (Å²) < 4.78 is 26.5. The molecule has 0 aliphatic rings. The first-order valence-electron chi connectivity index (χ1n) is 6.36. The van der Waals surface area contributed by atoms with Crippen molar-refractivity contribution in [2.75, 3.05) is 4.72 Å². The molecule has 0 heterocycles. The number of anilines is 1. The zero-order chi connectivity index (χ0) is 14.0. The third kappa shape index (κ3) is 3.05. The maximum Gasteiger partial charge on any atom is 0.237 e. The maximum atomic E-state index is 12.2. The lowest BCUT2D eigenvalue weighted by Gasteiger charge is -2.23. The maximum absolute atomic E-state index is 12.2. The summed E-state index contributed by atoms with van der Waals surface area (Å²) in [5.41, 5.74) is 2.85. The molecule has 0 aromatic heterocycles. The van der Waals surface area contributed by atoms with E-state index in [0.29, 0.717) is 0 Å². The summed E-state index contributed by atoms with van der Waals surface area (Å²) in [5, 5.41) is 0. The van der Waals surface area contributed by atoms with Crippen LogP contribution in [0.1, 0.15) is 45.7 Å². The number of para-hydroxylation sites is 1. The molecule has 0 bridgehead atoms. The van der Waals surface area contributed by atoms with E-state index in [4.69, 9.17) is 0 Å². The quantitative estimate of drug-likeness (QED) is 0.911. The van der Waals surface area contributed by atoms with E-state index in [1.807, 2.05) is 32.0 Å². The van der Waals surface area contributed by atoms with Crippen molar-refractivity contribution < 1.29 is 8.42 Å². The molecule has 0 fully saturated rings. The third-order valence-electron chi connectivity index (χ3n) is 3.04. The molecule has 1 N–H and O–H groups in total. The molecule has 0 aliphatic heterocycles. The molecule has 4 heteroatoms. The second-order valence-corrected chi connectivity index (χ2v) is 7.81. The van der Waals surface area contributed by atoms with Gasteiger partial charge in [-0.3, -0.25) is 4.72 Å². The van der Waals surface area contributed by atoms with E-state index in [9.17, 15) is 8.42 Å². The average Bonchev–Trinajstić information content (AvgIpc) is 2.27. The highest BCUT2D eigenvalue weighted by Gasteiger charge is 2.29. The first-order valence-corrected chi connectivity index (χ1v) is 7.84. The van der Waals surface area contributed by atoms with Crippen LogP contribution in [0.3, 0.4) is 0 Å². The van der Waals surface area contributed by atoms with Crippen LogP contribution in [0.15, 0.2) is 18.2 Å². The normalized spacial score (nSPS) is 12.5. The molecule has 0 saturated carbocycles. The number of aryl methyl sites for hydroxylation is 2. The Balaban J connectivity index is 3.27. The van der Waals surface area contributed by atoms with Crippen LogP contribution in [0.25, 0.3) is 0 Å². The molecule has 0 unspecified atom stereocenters. The van der Waals surface area contributed by atoms with Gasteiger partial charge < -0.3 is 0 Å². The van der Waals surface area contributed by atoms with Crippen LogP contribution in [-0.2, 0) is 22.9 Å². The summed E-state index contributed by atoms with van der Waals surface area (Å²) in [6.45, 7) is 9.17. The van der Waals surface area contributed by atoms with E-state index < -0.39 is 14.8 Å². The lowest BCUT2D eigenvalue weighted by atomic mass is 10.0. The predicted molar refractivity (Wildman–Crippen MR) is 77.5 cm³/mol. The summed E-state index contributed by atoms with van der Waals surface area (Å²) in [6, 6.07) is 5.92. The highest BCUT2D eigenvalue weighted by Crippen LogP contribution is 2.27. The molecule has 0 spiro atoms. The zero-order valence-electron chi connectivity index (χ0n) is 11.9. The molecule has 0 atom stereocenters. The fraction of sp³-hybridized carbons (Fsp3) is 0.571. The van der Waals surface area contributed by atoms with E-state index in [0.717, 1.165) is 29.7 Å². The molecule has 1 rings (SSSR count). The van der Waals surface area contributed by atoms with Gasteiger partial charge in [-0.25, -0.2) is 8.42 Å². The summed E-state index contributed by atoms with van der Waals surface area (Å²) in [4.78, 5) is 0. The second kappa shape index (κ2) is 5.31. The third-order valence-corrected chi connectivity index (χ3v) is 5.13. The highest BCUT2D eigenvalue weighted by molar-refractivity contribution is 7.94. The van der Waals surface area contributed by atoms with Gasteiger partial charge in [0.1, 0.15) is 0 Å². The monoisotopic (exact) mass is 269 g/mol. The van der Waals surface area contributed by atoms with Crippen molar-refractivity contribution in [3.05, 3.63) is 29.3 Å². The summed E-state index contributed by atoms with van der Waals surface area (Å²) in [6.07, 6.45) is 1.63. The lowest BCUT2D eigenvalue weighted by molar-refractivity contribution is 0.566. The first kappa shape index (κ1) is 15.0. The highest BCUT2D eigenvalue weighted by atomic mass is 32.2. The van der Waals surface area contributed by atoms with Crippen LogP contribution in [0.4, 0.5) is 5.69 Å². The van der Waals surface area contributed by atoms with Crippen LogP contribution in [0, 0.1) is 0 Å². The summed E-state index contributed by atoms with van der Waals surface area (Å²) >= 11 is 0. The Morgan fingerprint density at radius 2 is 1.50 bits per heavy atom. The SMILES string of the molecule is CCc1cccc(CC)c1NS(=O)(=O)C(C)(C)C. The molecule has 0 radical (unpaired) electrons. The molecule has 102 valence electrons. The Morgan fingerprint density at radius 3 is 1.83 bits per heavy atom. The van der Waals surface area contributed by atoms with E-state index in [1.165, 1.54) is 0 Å². The van der Waals surface area contributed by atoms with Crippen molar-refractivity contribution in [1.29, 1.82) is 0 Å². The zero-order valence-corrected chi connectivity index (χ0v) is 12.7. The number of benzene rings is 1. The average molecular weight is 269 g/mol. The van der Waals surface area contributed by atoms with E-state index in [2.05, 4.69) is 4.72 Å². The van der Waals surface area contributed by atoms with Gasteiger partial charge >= 0.3 is 0 Å². The Hall–Kier alpha value is -1.03. The molecule has 0 amide bonds. The van der Waals surface area contributed by atoms with Crippen LogP contribution in [-0.4, -0.2) is 13.2 Å². The predicted octanol–water partition coefficient (Wildman–Crippen LogP) is 3.35. The fourth-order valence-electron chi connectivity index (χ4n) is 1.66. The number of sulfonamides is 1. The van der Waals surface area contributed by atoms with E-state index in [-0.39, 0.29) is 0 Å². The topological polar surface area (TPSA) is 46.2 Å². The molecule has 0 aliphatic carbocycles. The minimum absolute atomic E-state index is 0.762. The summed E-state index contributed by atoms with van der Waals surface area (Å²) in [7, 11) is -3.37. The summed E-state index contributed by atoms with van der Waals surface area (Å²) in [5.74, 6) is 0. The second-order valence-electron chi connectivity index (χ2n) is 5.38. The lowest BCUT2D eigenvalue weighted by Crippen LogP contribution is -2.34. The molecule has 1 aromatic carbocycles. The Morgan fingerprint density at radius 1 is 1.06 bits per heavy atom. The standard InChI is InChI=1S/C14H23NO2S/c1-6-11-9-8-10-12(7-2)13(11)15-18(16,17)14(3,4)5/h8-10,15H,6-7H2,1-5H3. The van der Waals surface area contributed by atoms with Gasteiger partial charge in [-0.15, -0.1) is 0 Å².